The maximum atomic E-state index is 6.57. The maximum absolute atomic E-state index is 6.57. The number of hydrogen-bond acceptors (Lipinski definition) is 3. The summed E-state index contributed by atoms with van der Waals surface area (Å²) in [5.41, 5.74) is 1.37. The molecule has 0 saturated carbocycles. The molecule has 3 nitrogen and oxygen atoms in total. The summed E-state index contributed by atoms with van der Waals surface area (Å²) in [6.07, 6.45) is 2.19. The SMILES string of the molecule is CCN(CC)C1CC2(CCNC2)Oc2ccc3ccccc3c21. The van der Waals surface area contributed by atoms with Gasteiger partial charge in [-0.2, -0.15) is 0 Å². The molecule has 122 valence electrons. The van der Waals surface area contributed by atoms with Crippen LogP contribution in [0.3, 0.4) is 0 Å². The van der Waals surface area contributed by atoms with E-state index < -0.39 is 0 Å². The maximum Gasteiger partial charge on any atom is 0.125 e. The molecule has 1 N–H and O–H groups in total. The first kappa shape index (κ1) is 15.0. The summed E-state index contributed by atoms with van der Waals surface area (Å²) in [7, 11) is 0. The van der Waals surface area contributed by atoms with E-state index in [9.17, 15) is 0 Å². The first-order valence-electron chi connectivity index (χ1n) is 8.92. The summed E-state index contributed by atoms with van der Waals surface area (Å²) >= 11 is 0. The molecule has 1 saturated heterocycles. The molecule has 2 unspecified atom stereocenters. The number of fused-ring (bicyclic) bond motifs is 3. The molecule has 2 aromatic carbocycles. The van der Waals surface area contributed by atoms with Gasteiger partial charge in [-0.25, -0.2) is 0 Å². The number of nitrogens with one attached hydrogen (secondary N) is 1. The molecule has 23 heavy (non-hydrogen) atoms. The fourth-order valence-electron chi connectivity index (χ4n) is 4.40. The average molecular weight is 310 g/mol. The van der Waals surface area contributed by atoms with E-state index in [1.165, 1.54) is 16.3 Å². The van der Waals surface area contributed by atoms with E-state index in [2.05, 4.69) is 60.5 Å². The molecule has 2 aromatic rings. The van der Waals surface area contributed by atoms with Crippen LogP contribution < -0.4 is 10.1 Å². The third-order valence-corrected chi connectivity index (χ3v) is 5.61. The van der Waals surface area contributed by atoms with Crippen LogP contribution in [-0.4, -0.2) is 36.7 Å². The van der Waals surface area contributed by atoms with E-state index in [1.54, 1.807) is 0 Å². The van der Waals surface area contributed by atoms with Gasteiger partial charge in [0.1, 0.15) is 11.4 Å². The van der Waals surface area contributed by atoms with Crippen LogP contribution in [0.5, 0.6) is 5.75 Å². The molecule has 0 aliphatic carbocycles. The Morgan fingerprint density at radius 3 is 2.74 bits per heavy atom. The Kier molecular flexibility index (Phi) is 3.78. The molecule has 0 aromatic heterocycles. The van der Waals surface area contributed by atoms with E-state index in [0.717, 1.165) is 44.8 Å². The average Bonchev–Trinajstić information content (AvgIpc) is 3.03. The zero-order valence-corrected chi connectivity index (χ0v) is 14.1. The Balaban J connectivity index is 1.89. The summed E-state index contributed by atoms with van der Waals surface area (Å²) in [4.78, 5) is 2.59. The fourth-order valence-corrected chi connectivity index (χ4v) is 4.40. The van der Waals surface area contributed by atoms with Crippen LogP contribution >= 0.6 is 0 Å². The van der Waals surface area contributed by atoms with Crippen LogP contribution in [0, 0.1) is 0 Å². The molecular formula is C20H26N2O. The summed E-state index contributed by atoms with van der Waals surface area (Å²) in [6, 6.07) is 13.5. The van der Waals surface area contributed by atoms with E-state index in [1.807, 2.05) is 0 Å². The van der Waals surface area contributed by atoms with Gasteiger partial charge in [-0.05, 0) is 36.5 Å². The van der Waals surface area contributed by atoms with Crippen molar-refractivity contribution in [2.75, 3.05) is 26.2 Å². The van der Waals surface area contributed by atoms with Gasteiger partial charge in [0.25, 0.3) is 0 Å². The van der Waals surface area contributed by atoms with E-state index in [0.29, 0.717) is 6.04 Å². The third kappa shape index (κ3) is 2.43. The Hall–Kier alpha value is -1.58. The lowest BCUT2D eigenvalue weighted by atomic mass is 9.83. The molecule has 1 spiro atoms. The van der Waals surface area contributed by atoms with Gasteiger partial charge < -0.3 is 10.1 Å². The predicted molar refractivity (Wildman–Crippen MR) is 95.1 cm³/mol. The number of ether oxygens (including phenoxy) is 1. The van der Waals surface area contributed by atoms with Gasteiger partial charge in [-0.1, -0.05) is 44.2 Å². The van der Waals surface area contributed by atoms with Gasteiger partial charge in [-0.3, -0.25) is 4.90 Å². The molecule has 0 bridgehead atoms. The first-order valence-corrected chi connectivity index (χ1v) is 8.92. The minimum Gasteiger partial charge on any atom is -0.485 e. The number of hydrogen-bond donors (Lipinski definition) is 1. The monoisotopic (exact) mass is 310 g/mol. The minimum atomic E-state index is -0.0251. The van der Waals surface area contributed by atoms with Crippen molar-refractivity contribution in [2.45, 2.75) is 38.3 Å². The Bertz CT molecular complexity index is 702. The second-order valence-electron chi connectivity index (χ2n) is 6.85. The summed E-state index contributed by atoms with van der Waals surface area (Å²) in [5, 5.41) is 6.16. The van der Waals surface area contributed by atoms with Crippen molar-refractivity contribution in [2.24, 2.45) is 0 Å². The zero-order valence-electron chi connectivity index (χ0n) is 14.1. The topological polar surface area (TPSA) is 24.5 Å². The molecular weight excluding hydrogens is 284 g/mol. The van der Waals surface area contributed by atoms with E-state index in [-0.39, 0.29) is 5.60 Å². The van der Waals surface area contributed by atoms with Crippen molar-refractivity contribution >= 4 is 10.8 Å². The van der Waals surface area contributed by atoms with Crippen molar-refractivity contribution in [3.63, 3.8) is 0 Å². The van der Waals surface area contributed by atoms with E-state index >= 15 is 0 Å². The summed E-state index contributed by atoms with van der Waals surface area (Å²) in [6.45, 7) is 8.72. The Morgan fingerprint density at radius 1 is 1.17 bits per heavy atom. The number of rotatable bonds is 3. The van der Waals surface area contributed by atoms with Gasteiger partial charge in [-0.15, -0.1) is 0 Å². The normalized spacial score (nSPS) is 26.7. The van der Waals surface area contributed by atoms with Crippen LogP contribution in [0.4, 0.5) is 0 Å². The Morgan fingerprint density at radius 2 is 2.00 bits per heavy atom. The van der Waals surface area contributed by atoms with Crippen molar-refractivity contribution in [3.8, 4) is 5.75 Å². The molecule has 2 aliphatic heterocycles. The molecule has 4 rings (SSSR count). The summed E-state index contributed by atoms with van der Waals surface area (Å²) in [5.74, 6) is 1.09. The van der Waals surface area contributed by atoms with Crippen LogP contribution in [0.15, 0.2) is 36.4 Å². The lowest BCUT2D eigenvalue weighted by Gasteiger charge is -2.44. The molecule has 2 aliphatic rings. The van der Waals surface area contributed by atoms with Crippen LogP contribution in [-0.2, 0) is 0 Å². The molecule has 0 amide bonds. The standard InChI is InChI=1S/C20H26N2O/c1-3-22(4-2)17-13-20(11-12-21-14-20)23-18-10-9-15-7-5-6-8-16(15)19(17)18/h5-10,17,21H,3-4,11-14H2,1-2H3. The molecule has 1 fully saturated rings. The Labute approximate surface area is 138 Å². The van der Waals surface area contributed by atoms with Crippen LogP contribution in [0.2, 0.25) is 0 Å². The van der Waals surface area contributed by atoms with Crippen molar-refractivity contribution in [1.29, 1.82) is 0 Å². The molecule has 0 radical (unpaired) electrons. The largest absolute Gasteiger partial charge is 0.485 e. The highest BCUT2D eigenvalue weighted by atomic mass is 16.5. The van der Waals surface area contributed by atoms with Crippen molar-refractivity contribution in [3.05, 3.63) is 42.0 Å². The van der Waals surface area contributed by atoms with Crippen LogP contribution in [0.25, 0.3) is 10.8 Å². The molecule has 2 atom stereocenters. The van der Waals surface area contributed by atoms with Crippen molar-refractivity contribution in [1.82, 2.24) is 10.2 Å². The number of benzene rings is 2. The van der Waals surface area contributed by atoms with Gasteiger partial charge in [0.15, 0.2) is 0 Å². The molecule has 3 heteroatoms. The quantitative estimate of drug-likeness (QED) is 0.935. The summed E-state index contributed by atoms with van der Waals surface area (Å²) < 4.78 is 6.57. The molecule has 2 heterocycles. The van der Waals surface area contributed by atoms with Crippen molar-refractivity contribution < 1.29 is 4.74 Å². The van der Waals surface area contributed by atoms with E-state index in [4.69, 9.17) is 4.74 Å². The van der Waals surface area contributed by atoms with Gasteiger partial charge in [0.05, 0.1) is 0 Å². The highest BCUT2D eigenvalue weighted by Gasteiger charge is 2.44. The van der Waals surface area contributed by atoms with Gasteiger partial charge >= 0.3 is 0 Å². The second kappa shape index (κ2) is 5.81. The predicted octanol–water partition coefficient (Wildman–Crippen LogP) is 3.74. The first-order chi connectivity index (χ1) is 11.3. The fraction of sp³-hybridized carbons (Fsp3) is 0.500. The minimum absolute atomic E-state index is 0.0251. The van der Waals surface area contributed by atoms with Gasteiger partial charge in [0, 0.05) is 31.0 Å². The highest BCUT2D eigenvalue weighted by Crippen LogP contribution is 2.47. The van der Waals surface area contributed by atoms with Gasteiger partial charge in [0.2, 0.25) is 0 Å². The lowest BCUT2D eigenvalue weighted by Crippen LogP contribution is -2.46. The smallest absolute Gasteiger partial charge is 0.125 e. The zero-order chi connectivity index (χ0) is 15.9. The van der Waals surface area contributed by atoms with Crippen LogP contribution in [0.1, 0.15) is 38.3 Å². The number of nitrogens with zero attached hydrogens (tertiary/aromatic N) is 1. The third-order valence-electron chi connectivity index (χ3n) is 5.61. The lowest BCUT2D eigenvalue weighted by molar-refractivity contribution is 0.0203. The highest BCUT2D eigenvalue weighted by molar-refractivity contribution is 5.88. The second-order valence-corrected chi connectivity index (χ2v) is 6.85.